The summed E-state index contributed by atoms with van der Waals surface area (Å²) in [5.41, 5.74) is 5.88. The third-order valence-electron chi connectivity index (χ3n) is 4.88. The minimum absolute atomic E-state index is 0.271. The van der Waals surface area contributed by atoms with Crippen LogP contribution in [0.5, 0.6) is 0 Å². The summed E-state index contributed by atoms with van der Waals surface area (Å²) in [5.74, 6) is 1.42. The van der Waals surface area contributed by atoms with Crippen molar-refractivity contribution in [2.24, 2.45) is 23.0 Å². The molecule has 0 bridgehead atoms. The largest absolute Gasteiger partial charge is 0.346 e. The van der Waals surface area contributed by atoms with Gasteiger partial charge in [0, 0.05) is 19.5 Å². The first kappa shape index (κ1) is 17.5. The molecule has 0 saturated heterocycles. The van der Waals surface area contributed by atoms with Crippen LogP contribution in [0.2, 0.25) is 0 Å². The van der Waals surface area contributed by atoms with E-state index in [2.05, 4.69) is 20.8 Å². The molecule has 0 radical (unpaired) electrons. The highest BCUT2D eigenvalue weighted by Gasteiger charge is 2.33. The molecule has 20 heavy (non-hydrogen) atoms. The van der Waals surface area contributed by atoms with E-state index in [0.29, 0.717) is 11.3 Å². The average molecular weight is 282 g/mol. The summed E-state index contributed by atoms with van der Waals surface area (Å²) in [7, 11) is 1.96. The number of nitrogens with two attached hydrogens (primary N) is 1. The van der Waals surface area contributed by atoms with E-state index >= 15 is 0 Å². The number of nitrogens with zero attached hydrogens (tertiary/aromatic N) is 1. The maximum atomic E-state index is 12.4. The van der Waals surface area contributed by atoms with Crippen molar-refractivity contribution in [2.45, 2.75) is 65.7 Å². The summed E-state index contributed by atoms with van der Waals surface area (Å²) < 4.78 is 0. The first-order valence-corrected chi connectivity index (χ1v) is 8.31. The first-order valence-electron chi connectivity index (χ1n) is 8.31. The maximum Gasteiger partial charge on any atom is 0.225 e. The molecule has 0 heterocycles. The lowest BCUT2D eigenvalue weighted by Crippen LogP contribution is -2.37. The fourth-order valence-corrected chi connectivity index (χ4v) is 3.30. The summed E-state index contributed by atoms with van der Waals surface area (Å²) in [5, 5.41) is 0. The highest BCUT2D eigenvalue weighted by molar-refractivity contribution is 5.78. The molecule has 0 unspecified atom stereocenters. The molecule has 0 spiro atoms. The van der Waals surface area contributed by atoms with Crippen LogP contribution in [0.4, 0.5) is 0 Å². The van der Waals surface area contributed by atoms with Gasteiger partial charge in [-0.2, -0.15) is 0 Å². The zero-order valence-corrected chi connectivity index (χ0v) is 14.0. The van der Waals surface area contributed by atoms with Gasteiger partial charge in [0.1, 0.15) is 0 Å². The number of hydrogen-bond acceptors (Lipinski definition) is 2. The van der Waals surface area contributed by atoms with Crippen LogP contribution < -0.4 is 5.73 Å². The normalized spacial score (nSPS) is 23.6. The number of hydrogen-bond donors (Lipinski definition) is 1. The van der Waals surface area contributed by atoms with E-state index in [1.807, 2.05) is 11.9 Å². The second-order valence-corrected chi connectivity index (χ2v) is 7.52. The van der Waals surface area contributed by atoms with E-state index in [9.17, 15) is 4.79 Å². The van der Waals surface area contributed by atoms with Gasteiger partial charge in [0.25, 0.3) is 0 Å². The lowest BCUT2D eigenvalue weighted by molar-refractivity contribution is -0.135. The number of carbonyl (C=O) groups is 1. The molecule has 2 N–H and O–H groups in total. The quantitative estimate of drug-likeness (QED) is 0.759. The second kappa shape index (κ2) is 8.02. The Hall–Kier alpha value is -0.570. The molecule has 0 aromatic heterocycles. The molecule has 118 valence electrons. The second-order valence-electron chi connectivity index (χ2n) is 7.52. The molecule has 1 saturated carbocycles. The van der Waals surface area contributed by atoms with Gasteiger partial charge < -0.3 is 10.6 Å². The van der Waals surface area contributed by atoms with E-state index in [0.717, 1.165) is 51.1 Å². The predicted octanol–water partition coefficient (Wildman–Crippen LogP) is 3.43. The molecule has 1 rings (SSSR count). The third-order valence-corrected chi connectivity index (χ3v) is 4.88. The Morgan fingerprint density at radius 2 is 1.70 bits per heavy atom. The van der Waals surface area contributed by atoms with Gasteiger partial charge in [0.2, 0.25) is 5.91 Å². The minimum atomic E-state index is 0.271. The van der Waals surface area contributed by atoms with E-state index < -0.39 is 0 Å². The monoisotopic (exact) mass is 282 g/mol. The summed E-state index contributed by atoms with van der Waals surface area (Å²) in [6.07, 6.45) is 7.85. The third kappa shape index (κ3) is 5.43. The van der Waals surface area contributed by atoms with Crippen LogP contribution >= 0.6 is 0 Å². The lowest BCUT2D eigenvalue weighted by Gasteiger charge is -2.37. The van der Waals surface area contributed by atoms with Gasteiger partial charge in [-0.15, -0.1) is 0 Å². The zero-order valence-electron chi connectivity index (χ0n) is 14.0. The van der Waals surface area contributed by atoms with Gasteiger partial charge in [-0.05, 0) is 56.4 Å². The first-order chi connectivity index (χ1) is 9.36. The Labute approximate surface area is 125 Å². The molecule has 0 atom stereocenters. The molecule has 1 aliphatic rings. The highest BCUT2D eigenvalue weighted by atomic mass is 16.2. The maximum absolute atomic E-state index is 12.4. The fourth-order valence-electron chi connectivity index (χ4n) is 3.30. The molecule has 3 heteroatoms. The van der Waals surface area contributed by atoms with Gasteiger partial charge >= 0.3 is 0 Å². The Morgan fingerprint density at radius 1 is 1.10 bits per heavy atom. The smallest absolute Gasteiger partial charge is 0.225 e. The molecule has 1 aliphatic carbocycles. The van der Waals surface area contributed by atoms with E-state index in [1.54, 1.807) is 0 Å². The Kier molecular flexibility index (Phi) is 7.01. The fraction of sp³-hybridized carbons (Fsp3) is 0.941. The summed E-state index contributed by atoms with van der Waals surface area (Å²) in [6.45, 7) is 8.61. The van der Waals surface area contributed by atoms with Crippen LogP contribution in [-0.4, -0.2) is 30.9 Å². The lowest BCUT2D eigenvalue weighted by atomic mass is 9.69. The Morgan fingerprint density at radius 3 is 2.20 bits per heavy atom. The molecular weight excluding hydrogens is 248 g/mol. The molecule has 0 aromatic carbocycles. The molecule has 0 aliphatic heterocycles. The Balaban J connectivity index is 2.31. The number of amides is 1. The van der Waals surface area contributed by atoms with Crippen molar-refractivity contribution < 1.29 is 4.79 Å². The zero-order chi connectivity index (χ0) is 15.2. The summed E-state index contributed by atoms with van der Waals surface area (Å²) in [4.78, 5) is 14.4. The van der Waals surface area contributed by atoms with Crippen LogP contribution in [0.25, 0.3) is 0 Å². The van der Waals surface area contributed by atoms with Crippen LogP contribution in [-0.2, 0) is 4.79 Å². The SMILES string of the molecule is CN(CCCCCN)C(=O)C1CCC(C(C)(C)C)CC1. The van der Waals surface area contributed by atoms with E-state index in [-0.39, 0.29) is 5.92 Å². The van der Waals surface area contributed by atoms with E-state index in [1.165, 1.54) is 12.8 Å². The number of unbranched alkanes of at least 4 members (excludes halogenated alkanes) is 2. The highest BCUT2D eigenvalue weighted by Crippen LogP contribution is 2.40. The van der Waals surface area contributed by atoms with Crippen molar-refractivity contribution in [3.8, 4) is 0 Å². The molecule has 1 fully saturated rings. The van der Waals surface area contributed by atoms with Gasteiger partial charge in [0.05, 0.1) is 0 Å². The van der Waals surface area contributed by atoms with Crippen LogP contribution in [0.3, 0.4) is 0 Å². The van der Waals surface area contributed by atoms with Gasteiger partial charge in [-0.3, -0.25) is 4.79 Å². The minimum Gasteiger partial charge on any atom is -0.346 e. The van der Waals surface area contributed by atoms with E-state index in [4.69, 9.17) is 5.73 Å². The van der Waals surface area contributed by atoms with Crippen molar-refractivity contribution in [3.05, 3.63) is 0 Å². The van der Waals surface area contributed by atoms with Gasteiger partial charge in [0.15, 0.2) is 0 Å². The van der Waals surface area contributed by atoms with Gasteiger partial charge in [-0.1, -0.05) is 27.2 Å². The van der Waals surface area contributed by atoms with Crippen LogP contribution in [0.15, 0.2) is 0 Å². The van der Waals surface area contributed by atoms with Crippen molar-refractivity contribution in [3.63, 3.8) is 0 Å². The topological polar surface area (TPSA) is 46.3 Å². The van der Waals surface area contributed by atoms with Gasteiger partial charge in [-0.25, -0.2) is 0 Å². The average Bonchev–Trinajstić information content (AvgIpc) is 2.41. The Bertz CT molecular complexity index is 288. The molecule has 0 aromatic rings. The molecule has 1 amide bonds. The van der Waals surface area contributed by atoms with Crippen molar-refractivity contribution in [1.82, 2.24) is 4.90 Å². The van der Waals surface area contributed by atoms with Crippen molar-refractivity contribution >= 4 is 5.91 Å². The number of carbonyl (C=O) groups excluding carboxylic acids is 1. The number of rotatable bonds is 6. The summed E-state index contributed by atoms with van der Waals surface area (Å²) >= 11 is 0. The molecule has 3 nitrogen and oxygen atoms in total. The molecular formula is C17H34N2O. The van der Waals surface area contributed by atoms with Crippen LogP contribution in [0, 0.1) is 17.3 Å². The predicted molar refractivity (Wildman–Crippen MR) is 85.4 cm³/mol. The van der Waals surface area contributed by atoms with Crippen molar-refractivity contribution in [2.75, 3.05) is 20.1 Å². The standard InChI is InChI=1S/C17H34N2O/c1-17(2,3)15-10-8-14(9-11-15)16(20)19(4)13-7-5-6-12-18/h14-15H,5-13,18H2,1-4H3. The summed E-state index contributed by atoms with van der Waals surface area (Å²) in [6, 6.07) is 0. The van der Waals surface area contributed by atoms with Crippen molar-refractivity contribution in [1.29, 1.82) is 0 Å². The van der Waals surface area contributed by atoms with Crippen LogP contribution in [0.1, 0.15) is 65.7 Å².